The van der Waals surface area contributed by atoms with Gasteiger partial charge in [-0.1, -0.05) is 12.1 Å². The van der Waals surface area contributed by atoms with E-state index in [1.54, 1.807) is 0 Å². The second-order valence-corrected chi connectivity index (χ2v) is 5.90. The summed E-state index contributed by atoms with van der Waals surface area (Å²) in [5.74, 6) is 1.73. The molecule has 1 saturated heterocycles. The summed E-state index contributed by atoms with van der Waals surface area (Å²) in [5, 5.41) is 3.49. The molecule has 2 aliphatic rings. The summed E-state index contributed by atoms with van der Waals surface area (Å²) in [7, 11) is 2.21. The fourth-order valence-corrected chi connectivity index (χ4v) is 3.21. The third-order valence-corrected chi connectivity index (χ3v) is 4.23. The Bertz CT molecular complexity index is 433. The molecule has 104 valence electrons. The van der Waals surface area contributed by atoms with Gasteiger partial charge in [-0.2, -0.15) is 0 Å². The van der Waals surface area contributed by atoms with E-state index in [0.29, 0.717) is 5.92 Å². The molecule has 0 aromatic heterocycles. The molecule has 19 heavy (non-hydrogen) atoms. The lowest BCUT2D eigenvalue weighted by Crippen LogP contribution is -2.34. The number of nitrogens with zero attached hydrogens (tertiary/aromatic N) is 1. The summed E-state index contributed by atoms with van der Waals surface area (Å²) in [4.78, 5) is 2.41. The van der Waals surface area contributed by atoms with E-state index in [4.69, 9.17) is 4.74 Å². The van der Waals surface area contributed by atoms with Gasteiger partial charge in [0.15, 0.2) is 0 Å². The first kappa shape index (κ1) is 12.8. The predicted octanol–water partition coefficient (Wildman–Crippen LogP) is 2.77. The van der Waals surface area contributed by atoms with Crippen LogP contribution in [0.1, 0.15) is 24.8 Å². The minimum absolute atomic E-state index is 0.679. The second-order valence-electron chi connectivity index (χ2n) is 5.90. The van der Waals surface area contributed by atoms with E-state index in [-0.39, 0.29) is 0 Å². The Labute approximate surface area is 115 Å². The minimum atomic E-state index is 0.679. The zero-order valence-electron chi connectivity index (χ0n) is 11.8. The van der Waals surface area contributed by atoms with Crippen molar-refractivity contribution in [2.75, 3.05) is 38.6 Å². The van der Waals surface area contributed by atoms with Crippen LogP contribution in [-0.2, 0) is 6.42 Å². The van der Waals surface area contributed by atoms with Gasteiger partial charge in [0.05, 0.1) is 12.3 Å². The highest BCUT2D eigenvalue weighted by Crippen LogP contribution is 2.32. The number of rotatable bonds is 3. The highest BCUT2D eigenvalue weighted by atomic mass is 16.5. The van der Waals surface area contributed by atoms with Gasteiger partial charge in [-0.15, -0.1) is 0 Å². The van der Waals surface area contributed by atoms with Gasteiger partial charge >= 0.3 is 0 Å². The summed E-state index contributed by atoms with van der Waals surface area (Å²) < 4.78 is 6.10. The number of ether oxygens (including phenoxy) is 1. The predicted molar refractivity (Wildman–Crippen MR) is 79.0 cm³/mol. The molecule has 2 aliphatic heterocycles. The molecule has 0 aliphatic carbocycles. The topological polar surface area (TPSA) is 24.5 Å². The van der Waals surface area contributed by atoms with Crippen LogP contribution in [0.15, 0.2) is 18.2 Å². The SMILES string of the molecule is CN1CCCC(COc2cccc3c2NCCC3)C1. The maximum Gasteiger partial charge on any atom is 0.142 e. The molecule has 3 nitrogen and oxygen atoms in total. The van der Waals surface area contributed by atoms with Crippen LogP contribution in [0.3, 0.4) is 0 Å². The fraction of sp³-hybridized carbons (Fsp3) is 0.625. The lowest BCUT2D eigenvalue weighted by atomic mass is 9.99. The Kier molecular flexibility index (Phi) is 3.92. The number of para-hydroxylation sites is 1. The molecule has 1 aromatic rings. The van der Waals surface area contributed by atoms with E-state index >= 15 is 0 Å². The summed E-state index contributed by atoms with van der Waals surface area (Å²) in [5.41, 5.74) is 2.64. The second kappa shape index (κ2) is 5.83. The number of fused-ring (bicyclic) bond motifs is 1. The molecule has 3 rings (SSSR count). The van der Waals surface area contributed by atoms with Crippen LogP contribution >= 0.6 is 0 Å². The maximum absolute atomic E-state index is 6.10. The first-order chi connectivity index (χ1) is 9.33. The molecule has 1 unspecified atom stereocenters. The van der Waals surface area contributed by atoms with Crippen molar-refractivity contribution < 1.29 is 4.74 Å². The molecule has 0 saturated carbocycles. The summed E-state index contributed by atoms with van der Waals surface area (Å²) >= 11 is 0. The van der Waals surface area contributed by atoms with Crippen LogP contribution < -0.4 is 10.1 Å². The molecule has 0 radical (unpaired) electrons. The van der Waals surface area contributed by atoms with Crippen molar-refractivity contribution >= 4 is 5.69 Å². The lowest BCUT2D eigenvalue weighted by Gasteiger charge is -2.30. The molecule has 1 aromatic carbocycles. The fourth-order valence-electron chi connectivity index (χ4n) is 3.21. The van der Waals surface area contributed by atoms with Crippen molar-refractivity contribution in [2.24, 2.45) is 5.92 Å². The number of hydrogen-bond acceptors (Lipinski definition) is 3. The van der Waals surface area contributed by atoms with Crippen LogP contribution in [0.25, 0.3) is 0 Å². The lowest BCUT2D eigenvalue weighted by molar-refractivity contribution is 0.151. The number of likely N-dealkylation sites (tertiary alicyclic amines) is 1. The van der Waals surface area contributed by atoms with Gasteiger partial charge in [0.2, 0.25) is 0 Å². The quantitative estimate of drug-likeness (QED) is 0.904. The van der Waals surface area contributed by atoms with Crippen LogP contribution in [-0.4, -0.2) is 38.2 Å². The van der Waals surface area contributed by atoms with Crippen molar-refractivity contribution in [3.05, 3.63) is 23.8 Å². The van der Waals surface area contributed by atoms with E-state index < -0.39 is 0 Å². The first-order valence-electron chi connectivity index (χ1n) is 7.50. The molecule has 2 heterocycles. The Morgan fingerprint density at radius 3 is 3.21 bits per heavy atom. The van der Waals surface area contributed by atoms with Crippen molar-refractivity contribution in [1.82, 2.24) is 4.90 Å². The van der Waals surface area contributed by atoms with Crippen molar-refractivity contribution in [1.29, 1.82) is 0 Å². The number of anilines is 1. The van der Waals surface area contributed by atoms with E-state index in [2.05, 4.69) is 35.5 Å². The standard InChI is InChI=1S/C16H24N2O/c1-18-10-4-5-13(11-18)12-19-15-8-2-6-14-7-3-9-17-16(14)15/h2,6,8,13,17H,3-5,7,9-12H2,1H3. The van der Waals surface area contributed by atoms with E-state index in [1.807, 2.05) is 0 Å². The van der Waals surface area contributed by atoms with Gasteiger partial charge in [0, 0.05) is 19.0 Å². The van der Waals surface area contributed by atoms with Crippen LogP contribution in [0.5, 0.6) is 5.75 Å². The van der Waals surface area contributed by atoms with Crippen LogP contribution in [0, 0.1) is 5.92 Å². The molecular weight excluding hydrogens is 236 g/mol. The van der Waals surface area contributed by atoms with Gasteiger partial charge in [-0.3, -0.25) is 0 Å². The summed E-state index contributed by atoms with van der Waals surface area (Å²) in [6, 6.07) is 6.43. The first-order valence-corrected chi connectivity index (χ1v) is 7.50. The molecular formula is C16H24N2O. The Morgan fingerprint density at radius 2 is 2.32 bits per heavy atom. The summed E-state index contributed by atoms with van der Waals surface area (Å²) in [6.45, 7) is 4.32. The van der Waals surface area contributed by atoms with E-state index in [9.17, 15) is 0 Å². The highest BCUT2D eigenvalue weighted by Gasteiger charge is 2.19. The molecule has 0 spiro atoms. The zero-order chi connectivity index (χ0) is 13.1. The van der Waals surface area contributed by atoms with Crippen LogP contribution in [0.2, 0.25) is 0 Å². The number of piperidine rings is 1. The number of aryl methyl sites for hydroxylation is 1. The molecule has 1 atom stereocenters. The monoisotopic (exact) mass is 260 g/mol. The maximum atomic E-state index is 6.10. The average molecular weight is 260 g/mol. The molecule has 0 amide bonds. The third kappa shape index (κ3) is 3.03. The highest BCUT2D eigenvalue weighted by molar-refractivity contribution is 5.63. The minimum Gasteiger partial charge on any atom is -0.491 e. The molecule has 1 N–H and O–H groups in total. The van der Waals surface area contributed by atoms with Crippen molar-refractivity contribution in [3.8, 4) is 5.75 Å². The van der Waals surface area contributed by atoms with Crippen molar-refractivity contribution in [2.45, 2.75) is 25.7 Å². The smallest absolute Gasteiger partial charge is 0.142 e. The Hall–Kier alpha value is -1.22. The van der Waals surface area contributed by atoms with Gasteiger partial charge in [0.1, 0.15) is 5.75 Å². The number of hydrogen-bond donors (Lipinski definition) is 1. The number of nitrogens with one attached hydrogen (secondary N) is 1. The normalized spacial score (nSPS) is 23.5. The van der Waals surface area contributed by atoms with Gasteiger partial charge in [-0.05, 0) is 50.9 Å². The Balaban J connectivity index is 1.63. The van der Waals surface area contributed by atoms with Crippen LogP contribution in [0.4, 0.5) is 5.69 Å². The van der Waals surface area contributed by atoms with E-state index in [0.717, 1.165) is 18.9 Å². The number of benzene rings is 1. The largest absolute Gasteiger partial charge is 0.491 e. The zero-order valence-corrected chi connectivity index (χ0v) is 11.8. The van der Waals surface area contributed by atoms with Gasteiger partial charge < -0.3 is 15.0 Å². The molecule has 1 fully saturated rings. The molecule has 3 heteroatoms. The van der Waals surface area contributed by atoms with Gasteiger partial charge in [-0.25, -0.2) is 0 Å². The van der Waals surface area contributed by atoms with Gasteiger partial charge in [0.25, 0.3) is 0 Å². The third-order valence-electron chi connectivity index (χ3n) is 4.23. The summed E-state index contributed by atoms with van der Waals surface area (Å²) in [6.07, 6.45) is 5.00. The van der Waals surface area contributed by atoms with Crippen molar-refractivity contribution in [3.63, 3.8) is 0 Å². The Morgan fingerprint density at radius 1 is 1.37 bits per heavy atom. The van der Waals surface area contributed by atoms with E-state index in [1.165, 1.54) is 50.0 Å². The average Bonchev–Trinajstić information content (AvgIpc) is 2.45. The molecule has 0 bridgehead atoms.